The first-order chi connectivity index (χ1) is 8.67. The SMILES string of the molecule is CCCc1nc(N)cc(NCC2CCN(C)C2)n1. The predicted octanol–water partition coefficient (Wildman–Crippen LogP) is 1.37. The predicted molar refractivity (Wildman–Crippen MR) is 74.5 cm³/mol. The molecule has 100 valence electrons. The zero-order valence-electron chi connectivity index (χ0n) is 11.3. The lowest BCUT2D eigenvalue weighted by Crippen LogP contribution is -2.19. The number of anilines is 2. The van der Waals surface area contributed by atoms with Crippen molar-refractivity contribution in [1.29, 1.82) is 0 Å². The van der Waals surface area contributed by atoms with Crippen LogP contribution in [0.4, 0.5) is 11.6 Å². The Labute approximate surface area is 109 Å². The van der Waals surface area contributed by atoms with E-state index in [2.05, 4.69) is 34.2 Å². The number of rotatable bonds is 5. The number of nitrogens with two attached hydrogens (primary N) is 1. The van der Waals surface area contributed by atoms with E-state index in [0.717, 1.165) is 37.6 Å². The Kier molecular flexibility index (Phi) is 4.36. The van der Waals surface area contributed by atoms with Crippen LogP contribution in [-0.2, 0) is 6.42 Å². The highest BCUT2D eigenvalue weighted by Crippen LogP contribution is 2.16. The molecule has 0 bridgehead atoms. The maximum absolute atomic E-state index is 5.80. The zero-order chi connectivity index (χ0) is 13.0. The summed E-state index contributed by atoms with van der Waals surface area (Å²) in [5, 5.41) is 3.39. The first kappa shape index (κ1) is 13.1. The molecule has 2 rings (SSSR count). The molecule has 1 aliphatic heterocycles. The Bertz CT molecular complexity index is 393. The molecule has 1 saturated heterocycles. The molecule has 0 radical (unpaired) electrons. The molecule has 0 aromatic carbocycles. The van der Waals surface area contributed by atoms with Gasteiger partial charge in [0.25, 0.3) is 0 Å². The molecule has 0 spiro atoms. The summed E-state index contributed by atoms with van der Waals surface area (Å²) < 4.78 is 0. The molecule has 1 fully saturated rings. The number of aromatic nitrogens is 2. The van der Waals surface area contributed by atoms with Crippen molar-refractivity contribution < 1.29 is 0 Å². The van der Waals surface area contributed by atoms with E-state index in [-0.39, 0.29) is 0 Å². The van der Waals surface area contributed by atoms with Crippen LogP contribution >= 0.6 is 0 Å². The van der Waals surface area contributed by atoms with Gasteiger partial charge in [-0.15, -0.1) is 0 Å². The van der Waals surface area contributed by atoms with Gasteiger partial charge < -0.3 is 16.0 Å². The summed E-state index contributed by atoms with van der Waals surface area (Å²) in [6.45, 7) is 5.44. The van der Waals surface area contributed by atoms with Crippen LogP contribution in [0.2, 0.25) is 0 Å². The minimum Gasteiger partial charge on any atom is -0.384 e. The third kappa shape index (κ3) is 3.57. The summed E-state index contributed by atoms with van der Waals surface area (Å²) in [6.07, 6.45) is 3.17. The summed E-state index contributed by atoms with van der Waals surface area (Å²) >= 11 is 0. The Morgan fingerprint density at radius 2 is 2.33 bits per heavy atom. The van der Waals surface area contributed by atoms with Gasteiger partial charge in [0.2, 0.25) is 0 Å². The lowest BCUT2D eigenvalue weighted by atomic mass is 10.1. The molecule has 5 heteroatoms. The normalized spacial score (nSPS) is 20.2. The molecule has 1 aliphatic rings. The standard InChI is InChI=1S/C13H23N5/c1-3-4-12-16-11(14)7-13(17-12)15-8-10-5-6-18(2)9-10/h7,10H,3-6,8-9H2,1-2H3,(H3,14,15,16,17). The van der Waals surface area contributed by atoms with Crippen molar-refractivity contribution in [3.05, 3.63) is 11.9 Å². The summed E-state index contributed by atoms with van der Waals surface area (Å²) in [7, 11) is 2.17. The molecule has 0 aliphatic carbocycles. The number of hydrogen-bond acceptors (Lipinski definition) is 5. The van der Waals surface area contributed by atoms with E-state index < -0.39 is 0 Å². The topological polar surface area (TPSA) is 67.1 Å². The Hall–Kier alpha value is -1.36. The van der Waals surface area contributed by atoms with E-state index in [4.69, 9.17) is 5.73 Å². The van der Waals surface area contributed by atoms with Crippen LogP contribution < -0.4 is 11.1 Å². The monoisotopic (exact) mass is 249 g/mol. The molecule has 1 aromatic heterocycles. The van der Waals surface area contributed by atoms with Crippen molar-refractivity contribution in [1.82, 2.24) is 14.9 Å². The zero-order valence-corrected chi connectivity index (χ0v) is 11.3. The molecule has 5 nitrogen and oxygen atoms in total. The van der Waals surface area contributed by atoms with Gasteiger partial charge in [-0.25, -0.2) is 9.97 Å². The molecule has 18 heavy (non-hydrogen) atoms. The first-order valence-corrected chi connectivity index (χ1v) is 6.73. The van der Waals surface area contributed by atoms with Crippen LogP contribution in [0.25, 0.3) is 0 Å². The summed E-state index contributed by atoms with van der Waals surface area (Å²) in [6, 6.07) is 1.82. The third-order valence-corrected chi connectivity index (χ3v) is 3.33. The summed E-state index contributed by atoms with van der Waals surface area (Å²) in [5.41, 5.74) is 5.80. The average molecular weight is 249 g/mol. The van der Waals surface area contributed by atoms with E-state index in [9.17, 15) is 0 Å². The van der Waals surface area contributed by atoms with Crippen LogP contribution in [-0.4, -0.2) is 41.5 Å². The van der Waals surface area contributed by atoms with Crippen molar-refractivity contribution in [2.45, 2.75) is 26.2 Å². The maximum Gasteiger partial charge on any atom is 0.133 e. The van der Waals surface area contributed by atoms with Crippen molar-refractivity contribution in [2.75, 3.05) is 37.7 Å². The number of likely N-dealkylation sites (tertiary alicyclic amines) is 1. The first-order valence-electron chi connectivity index (χ1n) is 6.73. The van der Waals surface area contributed by atoms with Gasteiger partial charge >= 0.3 is 0 Å². The fourth-order valence-electron chi connectivity index (χ4n) is 2.39. The second kappa shape index (κ2) is 6.00. The molecule has 2 heterocycles. The lowest BCUT2D eigenvalue weighted by Gasteiger charge is -2.13. The highest BCUT2D eigenvalue weighted by atomic mass is 15.1. The number of aryl methyl sites for hydroxylation is 1. The van der Waals surface area contributed by atoms with Crippen molar-refractivity contribution in [2.24, 2.45) is 5.92 Å². The van der Waals surface area contributed by atoms with Crippen molar-refractivity contribution >= 4 is 11.6 Å². The van der Waals surface area contributed by atoms with E-state index in [1.165, 1.54) is 13.0 Å². The largest absolute Gasteiger partial charge is 0.384 e. The highest BCUT2D eigenvalue weighted by Gasteiger charge is 2.19. The van der Waals surface area contributed by atoms with Gasteiger partial charge in [0, 0.05) is 25.6 Å². The molecule has 1 aromatic rings. The smallest absolute Gasteiger partial charge is 0.133 e. The fraction of sp³-hybridized carbons (Fsp3) is 0.692. The Balaban J connectivity index is 1.92. The lowest BCUT2D eigenvalue weighted by molar-refractivity contribution is 0.399. The molecule has 0 saturated carbocycles. The molecular weight excluding hydrogens is 226 g/mol. The highest BCUT2D eigenvalue weighted by molar-refractivity contribution is 5.44. The van der Waals surface area contributed by atoms with Gasteiger partial charge in [-0.05, 0) is 32.4 Å². The molecule has 1 atom stereocenters. The van der Waals surface area contributed by atoms with E-state index in [1.807, 2.05) is 6.07 Å². The van der Waals surface area contributed by atoms with Crippen molar-refractivity contribution in [3.63, 3.8) is 0 Å². The maximum atomic E-state index is 5.80. The summed E-state index contributed by atoms with van der Waals surface area (Å²) in [4.78, 5) is 11.1. The van der Waals surface area contributed by atoms with Crippen LogP contribution in [0.3, 0.4) is 0 Å². The van der Waals surface area contributed by atoms with Gasteiger partial charge in [-0.3, -0.25) is 0 Å². The van der Waals surface area contributed by atoms with Gasteiger partial charge in [-0.1, -0.05) is 6.92 Å². The Morgan fingerprint density at radius 1 is 1.50 bits per heavy atom. The summed E-state index contributed by atoms with van der Waals surface area (Å²) in [5.74, 6) is 2.96. The minimum absolute atomic E-state index is 0.555. The van der Waals surface area contributed by atoms with Crippen LogP contribution in [0.1, 0.15) is 25.6 Å². The van der Waals surface area contributed by atoms with Gasteiger partial charge in [0.1, 0.15) is 17.5 Å². The number of nitrogen functional groups attached to an aromatic ring is 1. The molecule has 1 unspecified atom stereocenters. The second-order valence-electron chi connectivity index (χ2n) is 5.14. The van der Waals surface area contributed by atoms with Crippen LogP contribution in [0, 0.1) is 5.92 Å². The van der Waals surface area contributed by atoms with Gasteiger partial charge in [0.15, 0.2) is 0 Å². The fourth-order valence-corrected chi connectivity index (χ4v) is 2.39. The quantitative estimate of drug-likeness (QED) is 0.825. The van der Waals surface area contributed by atoms with Crippen molar-refractivity contribution in [3.8, 4) is 0 Å². The van der Waals surface area contributed by atoms with E-state index in [0.29, 0.717) is 11.7 Å². The second-order valence-corrected chi connectivity index (χ2v) is 5.14. The van der Waals surface area contributed by atoms with E-state index in [1.54, 1.807) is 0 Å². The number of nitrogens with zero attached hydrogens (tertiary/aromatic N) is 3. The van der Waals surface area contributed by atoms with E-state index >= 15 is 0 Å². The molecular formula is C13H23N5. The van der Waals surface area contributed by atoms with Crippen LogP contribution in [0.5, 0.6) is 0 Å². The number of nitrogens with one attached hydrogen (secondary N) is 1. The average Bonchev–Trinajstić information content (AvgIpc) is 2.72. The molecule has 3 N–H and O–H groups in total. The third-order valence-electron chi connectivity index (χ3n) is 3.33. The van der Waals surface area contributed by atoms with Crippen LogP contribution in [0.15, 0.2) is 6.07 Å². The van der Waals surface area contributed by atoms with Gasteiger partial charge in [-0.2, -0.15) is 0 Å². The molecule has 0 amide bonds. The van der Waals surface area contributed by atoms with Gasteiger partial charge in [0.05, 0.1) is 0 Å². The minimum atomic E-state index is 0.555. The Morgan fingerprint density at radius 3 is 3.00 bits per heavy atom. The number of hydrogen-bond donors (Lipinski definition) is 2.